The molecule has 0 atom stereocenters. The highest BCUT2D eigenvalue weighted by Gasteiger charge is 2.45. The van der Waals surface area contributed by atoms with Gasteiger partial charge in [-0.05, 0) is 34.6 Å². The third-order valence-corrected chi connectivity index (χ3v) is 4.16. The number of aromatic nitrogens is 1. The average molecular weight is 296 g/mol. The lowest BCUT2D eigenvalue weighted by molar-refractivity contribution is -0.150. The fraction of sp³-hybridized carbons (Fsp3) is 0.667. The first-order valence-electron chi connectivity index (χ1n) is 6.94. The number of aliphatic carboxylic acids is 1. The molecule has 1 aromatic heterocycles. The van der Waals surface area contributed by atoms with Crippen LogP contribution in [0.5, 0.6) is 0 Å². The van der Waals surface area contributed by atoms with Crippen LogP contribution in [-0.4, -0.2) is 27.7 Å². The van der Waals surface area contributed by atoms with E-state index in [0.29, 0.717) is 17.0 Å². The van der Waals surface area contributed by atoms with Crippen molar-refractivity contribution in [3.63, 3.8) is 0 Å². The fourth-order valence-electron chi connectivity index (χ4n) is 1.83. The standard InChI is InChI=1S/C15H24N2O4/c1-8(2)11-10(9(3)17-21-11)12(18)16-15(6,7)14(4,5)13(19)20/h8H,1-7H3,(H,16,18)(H,19,20). The van der Waals surface area contributed by atoms with Gasteiger partial charge in [-0.3, -0.25) is 9.59 Å². The van der Waals surface area contributed by atoms with Crippen molar-refractivity contribution in [1.29, 1.82) is 0 Å². The van der Waals surface area contributed by atoms with Gasteiger partial charge < -0.3 is 14.9 Å². The second kappa shape index (κ2) is 5.50. The smallest absolute Gasteiger partial charge is 0.311 e. The summed E-state index contributed by atoms with van der Waals surface area (Å²) in [7, 11) is 0. The van der Waals surface area contributed by atoms with Gasteiger partial charge in [-0.2, -0.15) is 0 Å². The molecule has 0 saturated heterocycles. The number of hydrogen-bond donors (Lipinski definition) is 2. The number of carboxylic acid groups (broad SMARTS) is 1. The molecule has 21 heavy (non-hydrogen) atoms. The second-order valence-corrected chi connectivity index (χ2v) is 6.67. The molecule has 118 valence electrons. The minimum atomic E-state index is -1.12. The molecule has 0 aliphatic heterocycles. The molecule has 0 bridgehead atoms. The van der Waals surface area contributed by atoms with Crippen LogP contribution in [0, 0.1) is 12.3 Å². The lowest BCUT2D eigenvalue weighted by atomic mass is 9.74. The highest BCUT2D eigenvalue weighted by molar-refractivity contribution is 5.97. The molecule has 6 heteroatoms. The Kier molecular flexibility index (Phi) is 4.51. The lowest BCUT2D eigenvalue weighted by Gasteiger charge is -2.38. The zero-order valence-electron chi connectivity index (χ0n) is 13.7. The van der Waals surface area contributed by atoms with Crippen LogP contribution in [0.25, 0.3) is 0 Å². The molecule has 0 saturated carbocycles. The Morgan fingerprint density at radius 1 is 1.24 bits per heavy atom. The monoisotopic (exact) mass is 296 g/mol. The van der Waals surface area contributed by atoms with E-state index in [0.717, 1.165) is 0 Å². The topological polar surface area (TPSA) is 92.4 Å². The van der Waals surface area contributed by atoms with Crippen LogP contribution in [0.4, 0.5) is 0 Å². The first-order chi connectivity index (χ1) is 9.41. The summed E-state index contributed by atoms with van der Waals surface area (Å²) in [6.07, 6.45) is 0. The summed E-state index contributed by atoms with van der Waals surface area (Å²) in [4.78, 5) is 23.9. The van der Waals surface area contributed by atoms with Crippen molar-refractivity contribution in [2.24, 2.45) is 5.41 Å². The summed E-state index contributed by atoms with van der Waals surface area (Å²) in [5.74, 6) is -0.813. The van der Waals surface area contributed by atoms with Gasteiger partial charge in [-0.25, -0.2) is 0 Å². The maximum absolute atomic E-state index is 12.5. The average Bonchev–Trinajstić information content (AvgIpc) is 2.70. The van der Waals surface area contributed by atoms with E-state index >= 15 is 0 Å². The van der Waals surface area contributed by atoms with Crippen LogP contribution in [0.15, 0.2) is 4.52 Å². The van der Waals surface area contributed by atoms with Crippen molar-refractivity contribution < 1.29 is 19.2 Å². The molecular formula is C15H24N2O4. The molecule has 6 nitrogen and oxygen atoms in total. The van der Waals surface area contributed by atoms with Crippen LogP contribution in [0.3, 0.4) is 0 Å². The summed E-state index contributed by atoms with van der Waals surface area (Å²) >= 11 is 0. The Morgan fingerprint density at radius 2 is 1.76 bits per heavy atom. The Labute approximate surface area is 124 Å². The van der Waals surface area contributed by atoms with E-state index in [1.807, 2.05) is 13.8 Å². The van der Waals surface area contributed by atoms with Crippen molar-refractivity contribution in [1.82, 2.24) is 10.5 Å². The van der Waals surface area contributed by atoms with Crippen molar-refractivity contribution in [2.75, 3.05) is 0 Å². The molecule has 0 spiro atoms. The number of carboxylic acids is 1. The minimum absolute atomic E-state index is 0.0162. The molecule has 0 aliphatic rings. The highest BCUT2D eigenvalue weighted by atomic mass is 16.5. The molecule has 0 aromatic carbocycles. The third-order valence-electron chi connectivity index (χ3n) is 4.16. The third kappa shape index (κ3) is 3.09. The van der Waals surface area contributed by atoms with Gasteiger partial charge in [0.25, 0.3) is 5.91 Å². The van der Waals surface area contributed by atoms with Gasteiger partial charge in [-0.1, -0.05) is 19.0 Å². The quantitative estimate of drug-likeness (QED) is 0.871. The van der Waals surface area contributed by atoms with Crippen molar-refractivity contribution >= 4 is 11.9 Å². The van der Waals surface area contributed by atoms with Crippen molar-refractivity contribution in [2.45, 2.75) is 59.9 Å². The molecule has 0 aliphatic carbocycles. The largest absolute Gasteiger partial charge is 0.481 e. The zero-order valence-corrected chi connectivity index (χ0v) is 13.7. The van der Waals surface area contributed by atoms with Gasteiger partial charge in [0.15, 0.2) is 5.76 Å². The molecule has 0 fully saturated rings. The summed E-state index contributed by atoms with van der Waals surface area (Å²) in [6.45, 7) is 12.1. The van der Waals surface area contributed by atoms with E-state index in [1.54, 1.807) is 34.6 Å². The van der Waals surface area contributed by atoms with Gasteiger partial charge in [0.2, 0.25) is 0 Å². The Bertz CT molecular complexity index is 556. The van der Waals surface area contributed by atoms with Crippen LogP contribution in [0.2, 0.25) is 0 Å². The van der Waals surface area contributed by atoms with Crippen LogP contribution in [0.1, 0.15) is 69.3 Å². The number of amides is 1. The molecular weight excluding hydrogens is 272 g/mol. The van der Waals surface area contributed by atoms with Crippen LogP contribution in [-0.2, 0) is 4.79 Å². The van der Waals surface area contributed by atoms with Crippen LogP contribution >= 0.6 is 0 Å². The number of aryl methyl sites for hydroxylation is 1. The number of nitrogens with zero attached hydrogens (tertiary/aromatic N) is 1. The van der Waals surface area contributed by atoms with E-state index in [9.17, 15) is 14.7 Å². The Hall–Kier alpha value is -1.85. The number of carbonyl (C=O) groups is 2. The summed E-state index contributed by atoms with van der Waals surface area (Å²) in [5, 5.41) is 16.0. The first-order valence-corrected chi connectivity index (χ1v) is 6.94. The molecule has 1 amide bonds. The lowest BCUT2D eigenvalue weighted by Crippen LogP contribution is -2.57. The number of hydrogen-bond acceptors (Lipinski definition) is 4. The molecule has 2 N–H and O–H groups in total. The van der Waals surface area contributed by atoms with E-state index in [4.69, 9.17) is 4.52 Å². The first kappa shape index (κ1) is 17.2. The normalized spacial score (nSPS) is 12.6. The minimum Gasteiger partial charge on any atom is -0.481 e. The Morgan fingerprint density at radius 3 is 2.19 bits per heavy atom. The second-order valence-electron chi connectivity index (χ2n) is 6.67. The number of nitrogens with one attached hydrogen (secondary N) is 1. The summed E-state index contributed by atoms with van der Waals surface area (Å²) in [5.41, 5.74) is -1.17. The predicted octanol–water partition coefficient (Wildman–Crippen LogP) is 2.73. The van der Waals surface area contributed by atoms with Crippen LogP contribution < -0.4 is 5.32 Å². The van der Waals surface area contributed by atoms with Gasteiger partial charge in [0, 0.05) is 5.92 Å². The maximum atomic E-state index is 12.5. The molecule has 1 heterocycles. The van der Waals surface area contributed by atoms with Crippen molar-refractivity contribution in [3.05, 3.63) is 17.0 Å². The molecule has 1 rings (SSSR count). The fourth-order valence-corrected chi connectivity index (χ4v) is 1.83. The van der Waals surface area contributed by atoms with Gasteiger partial charge in [0.05, 0.1) is 16.6 Å². The zero-order chi connectivity index (χ0) is 16.6. The van der Waals surface area contributed by atoms with E-state index < -0.39 is 16.9 Å². The number of carbonyl (C=O) groups excluding carboxylic acids is 1. The van der Waals surface area contributed by atoms with Gasteiger partial charge in [0.1, 0.15) is 5.56 Å². The molecule has 0 unspecified atom stereocenters. The van der Waals surface area contributed by atoms with Crippen molar-refractivity contribution in [3.8, 4) is 0 Å². The molecule has 0 radical (unpaired) electrons. The number of rotatable bonds is 5. The van der Waals surface area contributed by atoms with Gasteiger partial charge in [-0.15, -0.1) is 0 Å². The van der Waals surface area contributed by atoms with E-state index in [1.165, 1.54) is 0 Å². The SMILES string of the molecule is Cc1noc(C(C)C)c1C(=O)NC(C)(C)C(C)(C)C(=O)O. The Balaban J connectivity index is 3.12. The van der Waals surface area contributed by atoms with E-state index in [2.05, 4.69) is 10.5 Å². The highest BCUT2D eigenvalue weighted by Crippen LogP contribution is 2.32. The maximum Gasteiger partial charge on any atom is 0.311 e. The summed E-state index contributed by atoms with van der Waals surface area (Å²) in [6, 6.07) is 0. The van der Waals surface area contributed by atoms with E-state index in [-0.39, 0.29) is 11.8 Å². The summed E-state index contributed by atoms with van der Waals surface area (Å²) < 4.78 is 5.20. The predicted molar refractivity (Wildman–Crippen MR) is 78.3 cm³/mol. The van der Waals surface area contributed by atoms with Gasteiger partial charge >= 0.3 is 5.97 Å². The molecule has 1 aromatic rings.